The van der Waals surface area contributed by atoms with Gasteiger partial charge in [-0.3, -0.25) is 14.6 Å². The molecule has 1 aromatic heterocycles. The lowest BCUT2D eigenvalue weighted by Gasteiger charge is -2.09. The quantitative estimate of drug-likeness (QED) is 0.687. The van der Waals surface area contributed by atoms with Crippen molar-refractivity contribution in [1.82, 2.24) is 9.71 Å². The van der Waals surface area contributed by atoms with E-state index in [1.54, 1.807) is 24.3 Å². The molecule has 0 saturated carbocycles. The number of nitrogens with zero attached hydrogens (tertiary/aromatic N) is 1. The second-order valence-corrected chi connectivity index (χ2v) is 6.91. The van der Waals surface area contributed by atoms with Gasteiger partial charge >= 0.3 is 0 Å². The van der Waals surface area contributed by atoms with Crippen molar-refractivity contribution in [3.05, 3.63) is 48.8 Å². The summed E-state index contributed by atoms with van der Waals surface area (Å²) < 4.78 is 26.3. The molecule has 3 N–H and O–H groups in total. The summed E-state index contributed by atoms with van der Waals surface area (Å²) in [6.07, 6.45) is 2.67. The van der Waals surface area contributed by atoms with Crippen molar-refractivity contribution in [2.75, 3.05) is 17.2 Å². The molecule has 0 aliphatic heterocycles. The lowest BCUT2D eigenvalue weighted by atomic mass is 10.2. The van der Waals surface area contributed by atoms with Gasteiger partial charge in [-0.25, -0.2) is 13.1 Å². The molecule has 0 unspecified atom stereocenters. The summed E-state index contributed by atoms with van der Waals surface area (Å²) in [6.45, 7) is 1.34. The first kappa shape index (κ1) is 18.6. The minimum atomic E-state index is -3.69. The minimum absolute atomic E-state index is 0.0378. The lowest BCUT2D eigenvalue weighted by Crippen LogP contribution is -2.27. The van der Waals surface area contributed by atoms with Crippen LogP contribution in [0.25, 0.3) is 0 Å². The number of hydrogen-bond donors (Lipinski definition) is 3. The van der Waals surface area contributed by atoms with Crippen molar-refractivity contribution in [2.45, 2.75) is 18.2 Å². The molecule has 0 bridgehead atoms. The summed E-state index contributed by atoms with van der Waals surface area (Å²) in [4.78, 5) is 26.7. The Bertz CT molecular complexity index is 853. The van der Waals surface area contributed by atoms with Crippen LogP contribution in [0.4, 0.5) is 11.4 Å². The third-order valence-corrected chi connectivity index (χ3v) is 4.50. The largest absolute Gasteiger partial charge is 0.326 e. The van der Waals surface area contributed by atoms with E-state index in [9.17, 15) is 18.0 Å². The monoisotopic (exact) mass is 362 g/mol. The molecular formula is C16H18N4O4S. The van der Waals surface area contributed by atoms with E-state index in [0.29, 0.717) is 11.4 Å². The number of anilines is 2. The number of rotatable bonds is 7. The molecule has 0 spiro atoms. The van der Waals surface area contributed by atoms with Gasteiger partial charge in [0.05, 0.1) is 0 Å². The highest BCUT2D eigenvalue weighted by atomic mass is 32.2. The normalized spacial score (nSPS) is 10.9. The van der Waals surface area contributed by atoms with E-state index in [-0.39, 0.29) is 29.7 Å². The molecule has 2 rings (SSSR count). The highest BCUT2D eigenvalue weighted by Gasteiger charge is 2.14. The summed E-state index contributed by atoms with van der Waals surface area (Å²) >= 11 is 0. The van der Waals surface area contributed by atoms with E-state index in [2.05, 4.69) is 20.3 Å². The molecule has 1 aromatic carbocycles. The second kappa shape index (κ2) is 8.36. The van der Waals surface area contributed by atoms with Gasteiger partial charge in [0, 0.05) is 43.7 Å². The maximum absolute atomic E-state index is 12.0. The molecule has 0 aliphatic rings. The Morgan fingerprint density at radius 2 is 1.80 bits per heavy atom. The first-order valence-corrected chi connectivity index (χ1v) is 8.92. The van der Waals surface area contributed by atoms with Gasteiger partial charge in [0.2, 0.25) is 21.8 Å². The molecule has 0 saturated heterocycles. The van der Waals surface area contributed by atoms with Crippen LogP contribution in [0.5, 0.6) is 0 Å². The molecule has 2 aromatic rings. The van der Waals surface area contributed by atoms with Gasteiger partial charge in [0.15, 0.2) is 0 Å². The topological polar surface area (TPSA) is 117 Å². The molecule has 1 heterocycles. The Morgan fingerprint density at radius 3 is 2.44 bits per heavy atom. The fourth-order valence-corrected chi connectivity index (χ4v) is 2.98. The number of aromatic nitrogens is 1. The Balaban J connectivity index is 1.86. The molecule has 25 heavy (non-hydrogen) atoms. The summed E-state index contributed by atoms with van der Waals surface area (Å²) in [5.74, 6) is -0.567. The van der Waals surface area contributed by atoms with Gasteiger partial charge in [-0.2, -0.15) is 0 Å². The fraction of sp³-hybridized carbons (Fsp3) is 0.188. The number of amides is 2. The van der Waals surface area contributed by atoms with Crippen molar-refractivity contribution in [1.29, 1.82) is 0 Å². The maximum atomic E-state index is 12.0. The first-order valence-electron chi connectivity index (χ1n) is 7.44. The van der Waals surface area contributed by atoms with Crippen molar-refractivity contribution in [3.8, 4) is 0 Å². The average molecular weight is 362 g/mol. The van der Waals surface area contributed by atoms with Crippen LogP contribution < -0.4 is 15.4 Å². The number of carbonyl (C=O) groups is 2. The van der Waals surface area contributed by atoms with Crippen molar-refractivity contribution >= 4 is 33.2 Å². The van der Waals surface area contributed by atoms with Gasteiger partial charge in [0.1, 0.15) is 4.90 Å². The predicted octanol–water partition coefficient (Wildman–Crippen LogP) is 1.35. The van der Waals surface area contributed by atoms with E-state index < -0.39 is 10.0 Å². The average Bonchev–Trinajstić information content (AvgIpc) is 2.55. The summed E-state index contributed by atoms with van der Waals surface area (Å²) in [7, 11) is -3.69. The van der Waals surface area contributed by atoms with E-state index in [4.69, 9.17) is 0 Å². The van der Waals surface area contributed by atoms with Crippen LogP contribution in [0.15, 0.2) is 53.7 Å². The van der Waals surface area contributed by atoms with Gasteiger partial charge in [0.25, 0.3) is 0 Å². The molecule has 0 fully saturated rings. The highest BCUT2D eigenvalue weighted by Crippen LogP contribution is 2.15. The molecular weight excluding hydrogens is 344 g/mol. The van der Waals surface area contributed by atoms with Crippen LogP contribution in [0.1, 0.15) is 13.3 Å². The van der Waals surface area contributed by atoms with Crippen molar-refractivity contribution in [2.24, 2.45) is 0 Å². The number of pyridine rings is 1. The van der Waals surface area contributed by atoms with Gasteiger partial charge in [-0.05, 0) is 30.3 Å². The molecule has 0 atom stereocenters. The standard InChI is InChI=1S/C16H18N4O4S/c1-12(21)19-13-4-2-5-14(10-13)20-16(22)7-9-18-25(23,24)15-6-3-8-17-11-15/h2-6,8,10-11,18H,7,9H2,1H3,(H,19,21)(H,20,22). The Hall–Kier alpha value is -2.78. The zero-order chi connectivity index (χ0) is 18.3. The van der Waals surface area contributed by atoms with Gasteiger partial charge < -0.3 is 10.6 Å². The Kier molecular flexibility index (Phi) is 6.20. The maximum Gasteiger partial charge on any atom is 0.242 e. The van der Waals surface area contributed by atoms with Crippen molar-refractivity contribution < 1.29 is 18.0 Å². The number of benzene rings is 1. The predicted molar refractivity (Wildman–Crippen MR) is 93.4 cm³/mol. The smallest absolute Gasteiger partial charge is 0.242 e. The summed E-state index contributed by atoms with van der Waals surface area (Å²) in [6, 6.07) is 9.60. The van der Waals surface area contributed by atoms with Crippen LogP contribution in [0, 0.1) is 0 Å². The van der Waals surface area contributed by atoms with Crippen LogP contribution in [-0.2, 0) is 19.6 Å². The number of sulfonamides is 1. The van der Waals surface area contributed by atoms with E-state index >= 15 is 0 Å². The molecule has 2 amide bonds. The Labute approximate surface area is 145 Å². The SMILES string of the molecule is CC(=O)Nc1cccc(NC(=O)CCNS(=O)(=O)c2cccnc2)c1. The van der Waals surface area contributed by atoms with Crippen molar-refractivity contribution in [3.63, 3.8) is 0 Å². The molecule has 0 radical (unpaired) electrons. The zero-order valence-corrected chi connectivity index (χ0v) is 14.3. The van der Waals surface area contributed by atoms with Crippen LogP contribution >= 0.6 is 0 Å². The van der Waals surface area contributed by atoms with Crippen LogP contribution in [0.2, 0.25) is 0 Å². The van der Waals surface area contributed by atoms with Gasteiger partial charge in [-0.1, -0.05) is 6.07 Å². The third kappa shape index (κ3) is 5.98. The number of hydrogen-bond acceptors (Lipinski definition) is 5. The second-order valence-electron chi connectivity index (χ2n) is 5.15. The third-order valence-electron chi connectivity index (χ3n) is 3.06. The van der Waals surface area contributed by atoms with E-state index in [0.717, 1.165) is 0 Å². The molecule has 132 valence electrons. The Morgan fingerprint density at radius 1 is 1.08 bits per heavy atom. The molecule has 9 heteroatoms. The van der Waals surface area contributed by atoms with E-state index in [1.807, 2.05) is 0 Å². The molecule has 0 aliphatic carbocycles. The first-order chi connectivity index (χ1) is 11.9. The number of carbonyl (C=O) groups excluding carboxylic acids is 2. The van der Waals surface area contributed by atoms with E-state index in [1.165, 1.54) is 31.5 Å². The fourth-order valence-electron chi connectivity index (χ4n) is 1.99. The van der Waals surface area contributed by atoms with Crippen LogP contribution in [0.3, 0.4) is 0 Å². The van der Waals surface area contributed by atoms with Gasteiger partial charge in [-0.15, -0.1) is 0 Å². The number of nitrogens with one attached hydrogen (secondary N) is 3. The van der Waals surface area contributed by atoms with Crippen LogP contribution in [-0.4, -0.2) is 31.8 Å². The zero-order valence-electron chi connectivity index (χ0n) is 13.5. The summed E-state index contributed by atoms with van der Waals surface area (Å²) in [5.41, 5.74) is 1.06. The molecule has 8 nitrogen and oxygen atoms in total. The lowest BCUT2D eigenvalue weighted by molar-refractivity contribution is -0.116. The summed E-state index contributed by atoms with van der Waals surface area (Å²) in [5, 5.41) is 5.26. The minimum Gasteiger partial charge on any atom is -0.326 e. The highest BCUT2D eigenvalue weighted by molar-refractivity contribution is 7.89.